The van der Waals surface area contributed by atoms with Crippen LogP contribution in [0.5, 0.6) is 0 Å². The van der Waals surface area contributed by atoms with Gasteiger partial charge in [0.15, 0.2) is 0 Å². The quantitative estimate of drug-likeness (QED) is 0.587. The van der Waals surface area contributed by atoms with E-state index in [0.717, 1.165) is 12.5 Å². The predicted octanol–water partition coefficient (Wildman–Crippen LogP) is 2.86. The van der Waals surface area contributed by atoms with Gasteiger partial charge >= 0.3 is 0 Å². The third kappa shape index (κ3) is 10.2. The molecular weight excluding hydrogens is 196 g/mol. The van der Waals surface area contributed by atoms with Gasteiger partial charge in [-0.05, 0) is 53.8 Å². The van der Waals surface area contributed by atoms with Crippen LogP contribution in [0.2, 0.25) is 0 Å². The second-order valence-electron chi connectivity index (χ2n) is 5.53. The topological polar surface area (TPSA) is 6.48 Å². The molecule has 0 unspecified atom stereocenters. The minimum absolute atomic E-state index is 0.794. The molecular formula is C14H30N2. The molecule has 2 nitrogen and oxygen atoms in total. The third-order valence-corrected chi connectivity index (χ3v) is 2.76. The molecule has 0 bridgehead atoms. The first-order valence-corrected chi connectivity index (χ1v) is 6.38. The average molecular weight is 226 g/mol. The first kappa shape index (κ1) is 15.7. The fourth-order valence-corrected chi connectivity index (χ4v) is 1.74. The van der Waals surface area contributed by atoms with Crippen LogP contribution in [0.15, 0.2) is 11.6 Å². The Kier molecular flexibility index (Phi) is 8.58. The average Bonchev–Trinajstić information content (AvgIpc) is 2.14. The van der Waals surface area contributed by atoms with Gasteiger partial charge in [-0.25, -0.2) is 0 Å². The first-order chi connectivity index (χ1) is 7.41. The maximum atomic E-state index is 2.44. The van der Waals surface area contributed by atoms with Crippen molar-refractivity contribution in [1.29, 1.82) is 0 Å². The number of likely N-dealkylation sites (N-methyl/N-ethyl adjacent to an activating group) is 2. The summed E-state index contributed by atoms with van der Waals surface area (Å²) in [4.78, 5) is 4.68. The Morgan fingerprint density at radius 2 is 1.75 bits per heavy atom. The lowest BCUT2D eigenvalue weighted by Crippen LogP contribution is -2.31. The van der Waals surface area contributed by atoms with Crippen LogP contribution in [0.4, 0.5) is 0 Å². The van der Waals surface area contributed by atoms with E-state index in [-0.39, 0.29) is 0 Å². The normalized spacial score (nSPS) is 13.2. The number of rotatable bonds is 8. The number of nitrogens with zero attached hydrogens (tertiary/aromatic N) is 2. The highest BCUT2D eigenvalue weighted by Crippen LogP contribution is 2.08. The summed E-state index contributed by atoms with van der Waals surface area (Å²) in [6.45, 7) is 10.2. The zero-order chi connectivity index (χ0) is 12.6. The predicted molar refractivity (Wildman–Crippen MR) is 73.9 cm³/mol. The zero-order valence-corrected chi connectivity index (χ0v) is 12.1. The van der Waals surface area contributed by atoms with Gasteiger partial charge in [-0.3, -0.25) is 0 Å². The molecule has 0 aromatic carbocycles. The summed E-state index contributed by atoms with van der Waals surface area (Å²) in [6, 6.07) is 0. The van der Waals surface area contributed by atoms with Gasteiger partial charge in [0.05, 0.1) is 0 Å². The zero-order valence-electron chi connectivity index (χ0n) is 12.1. The van der Waals surface area contributed by atoms with E-state index in [1.54, 1.807) is 0 Å². The molecule has 0 spiro atoms. The Bertz CT molecular complexity index is 193. The van der Waals surface area contributed by atoms with Gasteiger partial charge < -0.3 is 9.80 Å². The molecule has 0 amide bonds. The fraction of sp³-hybridized carbons (Fsp3) is 0.857. The Hall–Kier alpha value is -0.340. The highest BCUT2D eigenvalue weighted by Gasteiger charge is 2.05. The summed E-state index contributed by atoms with van der Waals surface area (Å²) < 4.78 is 0. The third-order valence-electron chi connectivity index (χ3n) is 2.76. The van der Waals surface area contributed by atoms with Crippen LogP contribution >= 0.6 is 0 Å². The SMILES string of the molecule is CC(C)=CCC[C@H](C)CN(C)CCN(C)C. The van der Waals surface area contributed by atoms with Gasteiger partial charge in [-0.15, -0.1) is 0 Å². The molecule has 0 heterocycles. The van der Waals surface area contributed by atoms with Gasteiger partial charge in [0.25, 0.3) is 0 Å². The van der Waals surface area contributed by atoms with Crippen LogP contribution in [-0.4, -0.2) is 50.6 Å². The number of hydrogen-bond donors (Lipinski definition) is 0. The van der Waals surface area contributed by atoms with E-state index in [2.05, 4.69) is 57.8 Å². The van der Waals surface area contributed by atoms with Crippen molar-refractivity contribution in [3.63, 3.8) is 0 Å². The maximum absolute atomic E-state index is 2.44. The van der Waals surface area contributed by atoms with Gasteiger partial charge in [-0.1, -0.05) is 18.6 Å². The smallest absolute Gasteiger partial charge is 0.0106 e. The van der Waals surface area contributed by atoms with Crippen LogP contribution < -0.4 is 0 Å². The van der Waals surface area contributed by atoms with Gasteiger partial charge in [0.2, 0.25) is 0 Å². The van der Waals surface area contributed by atoms with E-state index in [1.165, 1.54) is 31.5 Å². The highest BCUT2D eigenvalue weighted by molar-refractivity contribution is 4.92. The molecule has 0 aliphatic rings. The Balaban J connectivity index is 3.61. The Morgan fingerprint density at radius 3 is 2.25 bits per heavy atom. The number of hydrogen-bond acceptors (Lipinski definition) is 2. The van der Waals surface area contributed by atoms with Crippen LogP contribution in [0, 0.1) is 5.92 Å². The fourth-order valence-electron chi connectivity index (χ4n) is 1.74. The van der Waals surface area contributed by atoms with Crippen LogP contribution in [-0.2, 0) is 0 Å². The summed E-state index contributed by atoms with van der Waals surface area (Å²) in [6.07, 6.45) is 4.87. The van der Waals surface area contributed by atoms with E-state index < -0.39 is 0 Å². The monoisotopic (exact) mass is 226 g/mol. The molecule has 0 aromatic rings. The largest absolute Gasteiger partial charge is 0.308 e. The molecule has 1 atom stereocenters. The lowest BCUT2D eigenvalue weighted by atomic mass is 10.0. The standard InChI is InChI=1S/C14H30N2/c1-13(2)8-7-9-14(3)12-16(6)11-10-15(4)5/h8,14H,7,9-12H2,1-6H3/t14-/m0/s1. The lowest BCUT2D eigenvalue weighted by molar-refractivity contribution is 0.248. The Labute approximate surface area is 102 Å². The van der Waals surface area contributed by atoms with Crippen molar-refractivity contribution in [2.24, 2.45) is 5.92 Å². The van der Waals surface area contributed by atoms with Gasteiger partial charge in [0.1, 0.15) is 0 Å². The molecule has 2 heteroatoms. The molecule has 0 aliphatic heterocycles. The highest BCUT2D eigenvalue weighted by atomic mass is 15.1. The maximum Gasteiger partial charge on any atom is 0.0106 e. The summed E-state index contributed by atoms with van der Waals surface area (Å²) in [5.41, 5.74) is 1.44. The van der Waals surface area contributed by atoms with Crippen LogP contribution in [0.3, 0.4) is 0 Å². The summed E-state index contributed by atoms with van der Waals surface area (Å²) in [5.74, 6) is 0.794. The first-order valence-electron chi connectivity index (χ1n) is 6.38. The molecule has 0 radical (unpaired) electrons. The molecule has 0 saturated heterocycles. The molecule has 16 heavy (non-hydrogen) atoms. The Morgan fingerprint density at radius 1 is 1.12 bits per heavy atom. The van der Waals surface area contributed by atoms with Crippen LogP contribution in [0.1, 0.15) is 33.6 Å². The molecule has 0 aromatic heterocycles. The molecule has 0 aliphatic carbocycles. The van der Waals surface area contributed by atoms with E-state index in [9.17, 15) is 0 Å². The van der Waals surface area contributed by atoms with E-state index in [0.29, 0.717) is 0 Å². The second-order valence-corrected chi connectivity index (χ2v) is 5.53. The van der Waals surface area contributed by atoms with Crippen molar-refractivity contribution in [1.82, 2.24) is 9.80 Å². The molecule has 0 rings (SSSR count). The van der Waals surface area contributed by atoms with Crippen molar-refractivity contribution in [2.75, 3.05) is 40.8 Å². The van der Waals surface area contributed by atoms with Crippen molar-refractivity contribution in [3.05, 3.63) is 11.6 Å². The summed E-state index contributed by atoms with van der Waals surface area (Å²) in [7, 11) is 6.49. The lowest BCUT2D eigenvalue weighted by Gasteiger charge is -2.22. The molecule has 96 valence electrons. The summed E-state index contributed by atoms with van der Waals surface area (Å²) in [5, 5.41) is 0. The molecule has 0 N–H and O–H groups in total. The van der Waals surface area contributed by atoms with E-state index >= 15 is 0 Å². The van der Waals surface area contributed by atoms with Crippen molar-refractivity contribution < 1.29 is 0 Å². The van der Waals surface area contributed by atoms with Crippen LogP contribution in [0.25, 0.3) is 0 Å². The molecule has 0 fully saturated rings. The van der Waals surface area contributed by atoms with Crippen molar-refractivity contribution >= 4 is 0 Å². The van der Waals surface area contributed by atoms with Crippen molar-refractivity contribution in [3.8, 4) is 0 Å². The molecule has 0 saturated carbocycles. The van der Waals surface area contributed by atoms with E-state index in [4.69, 9.17) is 0 Å². The minimum Gasteiger partial charge on any atom is -0.308 e. The van der Waals surface area contributed by atoms with E-state index in [1.807, 2.05) is 0 Å². The van der Waals surface area contributed by atoms with Gasteiger partial charge in [-0.2, -0.15) is 0 Å². The summed E-state index contributed by atoms with van der Waals surface area (Å²) >= 11 is 0. The second kappa shape index (κ2) is 8.77. The minimum atomic E-state index is 0.794. The van der Waals surface area contributed by atoms with Crippen molar-refractivity contribution in [2.45, 2.75) is 33.6 Å². The van der Waals surface area contributed by atoms with Gasteiger partial charge in [0, 0.05) is 19.6 Å². The number of allylic oxidation sites excluding steroid dienone is 2.